The van der Waals surface area contributed by atoms with Crippen molar-refractivity contribution < 1.29 is 14.3 Å². The fourth-order valence-corrected chi connectivity index (χ4v) is 3.59. The van der Waals surface area contributed by atoms with Gasteiger partial charge in [0.05, 0.1) is 11.1 Å². The Morgan fingerprint density at radius 1 is 0.963 bits per heavy atom. The first-order valence-electron chi connectivity index (χ1n) is 8.61. The molecule has 1 heterocycles. The number of rotatable bonds is 4. The maximum atomic E-state index is 13.3. The average molecular weight is 380 g/mol. The van der Waals surface area contributed by atoms with Crippen molar-refractivity contribution in [2.75, 3.05) is 13.8 Å². The number of carbonyl (C=O) groups excluding carboxylic acids is 1. The van der Waals surface area contributed by atoms with Crippen LogP contribution >= 0.6 is 11.6 Å². The molecule has 4 rings (SSSR count). The second-order valence-corrected chi connectivity index (χ2v) is 6.74. The molecule has 0 aliphatic carbocycles. The summed E-state index contributed by atoms with van der Waals surface area (Å²) in [5, 5.41) is 0.373. The Labute approximate surface area is 162 Å². The molecular weight excluding hydrogens is 362 g/mol. The fraction of sp³-hybridized carbons (Fsp3) is 0.136. The minimum Gasteiger partial charge on any atom is -0.454 e. The van der Waals surface area contributed by atoms with E-state index < -0.39 is 0 Å². The Kier molecular flexibility index (Phi) is 4.73. The van der Waals surface area contributed by atoms with Crippen molar-refractivity contribution in [2.24, 2.45) is 0 Å². The van der Waals surface area contributed by atoms with Gasteiger partial charge in [-0.1, -0.05) is 72.3 Å². The van der Waals surface area contributed by atoms with Crippen LogP contribution < -0.4 is 9.47 Å². The van der Waals surface area contributed by atoms with Crippen LogP contribution in [0, 0.1) is 0 Å². The second kappa shape index (κ2) is 7.33. The SMILES string of the molecule is CN(C(=O)c1cc(Cl)c2c(c1)OCO2)C(c1ccccc1)c1ccccc1. The maximum Gasteiger partial charge on any atom is 0.254 e. The van der Waals surface area contributed by atoms with Crippen LogP contribution in [0.5, 0.6) is 11.5 Å². The van der Waals surface area contributed by atoms with Crippen LogP contribution in [0.15, 0.2) is 72.8 Å². The third kappa shape index (κ3) is 3.36. The summed E-state index contributed by atoms with van der Waals surface area (Å²) < 4.78 is 10.7. The molecule has 1 aliphatic rings. The molecule has 3 aromatic rings. The third-order valence-electron chi connectivity index (χ3n) is 4.61. The largest absolute Gasteiger partial charge is 0.454 e. The topological polar surface area (TPSA) is 38.8 Å². The summed E-state index contributed by atoms with van der Waals surface area (Å²) in [7, 11) is 1.80. The van der Waals surface area contributed by atoms with Crippen molar-refractivity contribution in [1.29, 1.82) is 0 Å². The van der Waals surface area contributed by atoms with Gasteiger partial charge < -0.3 is 14.4 Å². The molecule has 0 bridgehead atoms. The van der Waals surface area contributed by atoms with Crippen molar-refractivity contribution in [3.63, 3.8) is 0 Å². The van der Waals surface area contributed by atoms with Gasteiger partial charge in [0.1, 0.15) is 0 Å². The quantitative estimate of drug-likeness (QED) is 0.645. The van der Waals surface area contributed by atoms with E-state index in [9.17, 15) is 4.79 Å². The number of ether oxygens (including phenoxy) is 2. The van der Waals surface area contributed by atoms with Crippen LogP contribution in [-0.2, 0) is 0 Å². The molecule has 5 heteroatoms. The highest BCUT2D eigenvalue weighted by Crippen LogP contribution is 2.40. The van der Waals surface area contributed by atoms with Gasteiger partial charge in [0, 0.05) is 12.6 Å². The molecule has 4 nitrogen and oxygen atoms in total. The fourth-order valence-electron chi connectivity index (χ4n) is 3.32. The number of hydrogen-bond donors (Lipinski definition) is 0. The van der Waals surface area contributed by atoms with Gasteiger partial charge in [-0.05, 0) is 23.3 Å². The zero-order valence-electron chi connectivity index (χ0n) is 14.8. The Hall–Kier alpha value is -2.98. The Bertz CT molecular complexity index is 921. The molecule has 27 heavy (non-hydrogen) atoms. The minimum absolute atomic E-state index is 0.110. The zero-order chi connectivity index (χ0) is 18.8. The number of halogens is 1. The van der Waals surface area contributed by atoms with E-state index in [1.807, 2.05) is 60.7 Å². The maximum absolute atomic E-state index is 13.3. The van der Waals surface area contributed by atoms with Gasteiger partial charge in [-0.25, -0.2) is 0 Å². The van der Waals surface area contributed by atoms with E-state index in [-0.39, 0.29) is 18.7 Å². The first-order chi connectivity index (χ1) is 13.1. The molecule has 0 atom stereocenters. The van der Waals surface area contributed by atoms with E-state index in [1.165, 1.54) is 0 Å². The molecule has 3 aromatic carbocycles. The normalized spacial score (nSPS) is 12.3. The molecule has 136 valence electrons. The van der Waals surface area contributed by atoms with Crippen LogP contribution in [0.4, 0.5) is 0 Å². The van der Waals surface area contributed by atoms with Crippen LogP contribution in [0.1, 0.15) is 27.5 Å². The van der Waals surface area contributed by atoms with E-state index >= 15 is 0 Å². The Morgan fingerprint density at radius 3 is 2.15 bits per heavy atom. The molecule has 1 amide bonds. The lowest BCUT2D eigenvalue weighted by Crippen LogP contribution is -2.32. The molecule has 0 fully saturated rings. The van der Waals surface area contributed by atoms with E-state index in [0.717, 1.165) is 11.1 Å². The summed E-state index contributed by atoms with van der Waals surface area (Å²) in [5.74, 6) is 0.835. The average Bonchev–Trinajstić information content (AvgIpc) is 3.18. The monoisotopic (exact) mass is 379 g/mol. The number of nitrogens with zero attached hydrogens (tertiary/aromatic N) is 1. The van der Waals surface area contributed by atoms with E-state index in [2.05, 4.69) is 0 Å². The first kappa shape index (κ1) is 17.4. The van der Waals surface area contributed by atoms with Crippen molar-refractivity contribution in [1.82, 2.24) is 4.90 Å². The predicted molar refractivity (Wildman–Crippen MR) is 104 cm³/mol. The highest BCUT2D eigenvalue weighted by molar-refractivity contribution is 6.32. The molecule has 0 saturated carbocycles. The van der Waals surface area contributed by atoms with E-state index in [4.69, 9.17) is 21.1 Å². The van der Waals surface area contributed by atoms with Gasteiger partial charge >= 0.3 is 0 Å². The van der Waals surface area contributed by atoms with Gasteiger partial charge in [-0.15, -0.1) is 0 Å². The Balaban J connectivity index is 1.73. The molecule has 0 unspecified atom stereocenters. The lowest BCUT2D eigenvalue weighted by Gasteiger charge is -2.29. The summed E-state index contributed by atoms with van der Waals surface area (Å²) >= 11 is 6.26. The van der Waals surface area contributed by atoms with Crippen molar-refractivity contribution >= 4 is 17.5 Å². The van der Waals surface area contributed by atoms with Gasteiger partial charge in [-0.3, -0.25) is 4.79 Å². The number of fused-ring (bicyclic) bond motifs is 1. The Morgan fingerprint density at radius 2 is 1.56 bits per heavy atom. The van der Waals surface area contributed by atoms with Crippen molar-refractivity contribution in [3.05, 3.63) is 94.5 Å². The number of benzene rings is 3. The standard InChI is InChI=1S/C22H18ClNO3/c1-24(22(25)17-12-18(23)21-19(13-17)26-14-27-21)20(15-8-4-2-5-9-15)16-10-6-3-7-11-16/h2-13,20H,14H2,1H3. The van der Waals surface area contributed by atoms with Crippen LogP contribution in [0.2, 0.25) is 5.02 Å². The highest BCUT2D eigenvalue weighted by Gasteiger charge is 2.27. The molecule has 1 aliphatic heterocycles. The summed E-state index contributed by atoms with van der Waals surface area (Å²) in [6.07, 6.45) is 0. The number of carbonyl (C=O) groups is 1. The summed E-state index contributed by atoms with van der Waals surface area (Å²) in [4.78, 5) is 15.0. The molecule has 0 spiro atoms. The smallest absolute Gasteiger partial charge is 0.254 e. The summed E-state index contributed by atoms with van der Waals surface area (Å²) in [5.41, 5.74) is 2.53. The highest BCUT2D eigenvalue weighted by atomic mass is 35.5. The summed E-state index contributed by atoms with van der Waals surface area (Å²) in [6.45, 7) is 0.110. The van der Waals surface area contributed by atoms with E-state index in [1.54, 1.807) is 24.1 Å². The lowest BCUT2D eigenvalue weighted by atomic mass is 9.97. The van der Waals surface area contributed by atoms with Gasteiger partial charge in [0.2, 0.25) is 6.79 Å². The van der Waals surface area contributed by atoms with Crippen molar-refractivity contribution in [3.8, 4) is 11.5 Å². The number of hydrogen-bond acceptors (Lipinski definition) is 3. The molecule has 0 radical (unpaired) electrons. The second-order valence-electron chi connectivity index (χ2n) is 6.33. The first-order valence-corrected chi connectivity index (χ1v) is 8.99. The molecule has 0 aromatic heterocycles. The predicted octanol–water partition coefficient (Wildman–Crippen LogP) is 4.93. The van der Waals surface area contributed by atoms with Crippen molar-refractivity contribution in [2.45, 2.75) is 6.04 Å². The van der Waals surface area contributed by atoms with E-state index in [0.29, 0.717) is 22.1 Å². The molecule has 0 N–H and O–H groups in total. The van der Waals surface area contributed by atoms with Gasteiger partial charge in [0.15, 0.2) is 11.5 Å². The van der Waals surface area contributed by atoms with Crippen LogP contribution in [-0.4, -0.2) is 24.6 Å². The third-order valence-corrected chi connectivity index (χ3v) is 4.89. The molecule has 0 saturated heterocycles. The minimum atomic E-state index is -0.218. The van der Waals surface area contributed by atoms with Crippen LogP contribution in [0.3, 0.4) is 0 Å². The summed E-state index contributed by atoms with van der Waals surface area (Å²) in [6, 6.07) is 23.0. The lowest BCUT2D eigenvalue weighted by molar-refractivity contribution is 0.0754. The molecular formula is C22H18ClNO3. The number of amides is 1. The van der Waals surface area contributed by atoms with Crippen LogP contribution in [0.25, 0.3) is 0 Å². The van der Waals surface area contributed by atoms with Gasteiger partial charge in [0.25, 0.3) is 5.91 Å². The van der Waals surface area contributed by atoms with Gasteiger partial charge in [-0.2, -0.15) is 0 Å². The zero-order valence-corrected chi connectivity index (χ0v) is 15.5.